The van der Waals surface area contributed by atoms with E-state index in [2.05, 4.69) is 95.0 Å². The minimum atomic E-state index is -0.420. The Morgan fingerprint density at radius 2 is 1.47 bits per heavy atom. The number of nitro benzene ring substituents is 1. The third kappa shape index (κ3) is 8.57. The highest BCUT2D eigenvalue weighted by molar-refractivity contribution is 9.09. The summed E-state index contributed by atoms with van der Waals surface area (Å²) in [4.78, 5) is 19.4. The largest absolute Gasteiger partial charge is 0.371 e. The van der Waals surface area contributed by atoms with E-state index in [0.29, 0.717) is 10.6 Å². The van der Waals surface area contributed by atoms with Crippen molar-refractivity contribution < 1.29 is 4.92 Å². The summed E-state index contributed by atoms with van der Waals surface area (Å²) in [7, 11) is 0. The highest BCUT2D eigenvalue weighted by atomic mass is 79.9. The average molecular weight is 662 g/mol. The lowest BCUT2D eigenvalue weighted by Crippen LogP contribution is -2.24. The first-order chi connectivity index (χ1) is 18.5. The van der Waals surface area contributed by atoms with E-state index in [4.69, 9.17) is 0 Å². The molecule has 1 aromatic heterocycles. The molecule has 0 amide bonds. The number of anilines is 2. The van der Waals surface area contributed by atoms with Gasteiger partial charge in [0.1, 0.15) is 0 Å². The molecule has 0 aliphatic heterocycles. The van der Waals surface area contributed by atoms with Crippen molar-refractivity contribution in [3.05, 3.63) is 82.9 Å². The van der Waals surface area contributed by atoms with Crippen molar-refractivity contribution in [3.63, 3.8) is 0 Å². The highest BCUT2D eigenvalue weighted by Crippen LogP contribution is 2.32. The van der Waals surface area contributed by atoms with Crippen molar-refractivity contribution in [2.75, 3.05) is 46.6 Å². The van der Waals surface area contributed by atoms with Gasteiger partial charge in [-0.15, -0.1) is 10.2 Å². The molecular formula is C27H30Br2N6O2S. The van der Waals surface area contributed by atoms with Crippen LogP contribution in [-0.4, -0.2) is 46.7 Å². The fraction of sp³-hybridized carbons (Fsp3) is 0.296. The molecule has 11 heteroatoms. The fourth-order valence-corrected chi connectivity index (χ4v) is 5.35. The number of nitrogens with zero attached hydrogens (tertiary/aromatic N) is 6. The smallest absolute Gasteiger partial charge is 0.270 e. The molecule has 3 aromatic carbocycles. The van der Waals surface area contributed by atoms with E-state index in [-0.39, 0.29) is 5.69 Å². The summed E-state index contributed by atoms with van der Waals surface area (Å²) >= 11 is 8.19. The van der Waals surface area contributed by atoms with Crippen molar-refractivity contribution in [1.82, 2.24) is 4.98 Å². The van der Waals surface area contributed by atoms with Crippen molar-refractivity contribution in [1.29, 1.82) is 0 Å². The van der Waals surface area contributed by atoms with Crippen LogP contribution < -0.4 is 9.80 Å². The molecule has 0 spiro atoms. The van der Waals surface area contributed by atoms with Crippen LogP contribution in [0.3, 0.4) is 0 Å². The summed E-state index contributed by atoms with van der Waals surface area (Å²) in [5.41, 5.74) is 3.90. The molecule has 0 unspecified atom stereocenters. The number of hydrogen-bond donors (Lipinski definition) is 0. The van der Waals surface area contributed by atoms with Gasteiger partial charge in [0.05, 0.1) is 20.8 Å². The van der Waals surface area contributed by atoms with Crippen molar-refractivity contribution in [2.45, 2.75) is 13.8 Å². The number of azo groups is 1. The average Bonchev–Trinajstić information content (AvgIpc) is 3.37. The van der Waals surface area contributed by atoms with Crippen LogP contribution in [0.4, 0.5) is 27.9 Å². The zero-order chi connectivity index (χ0) is 27.3. The summed E-state index contributed by atoms with van der Waals surface area (Å²) in [6.45, 7) is 8.30. The molecule has 0 N–H and O–H groups in total. The lowest BCUT2D eigenvalue weighted by molar-refractivity contribution is -0.384. The first-order valence-corrected chi connectivity index (χ1v) is 15.3. The molecule has 0 saturated heterocycles. The van der Waals surface area contributed by atoms with Gasteiger partial charge in [-0.05, 0) is 56.3 Å². The molecule has 0 aliphatic carbocycles. The SMILES string of the molecule is CCN(CCBr)c1ccc(N=Nc2nc3ccc([N+](=O)[O-])cc3s2)cc1.CCN(CCBr)c1ccccc1. The van der Waals surface area contributed by atoms with E-state index < -0.39 is 4.92 Å². The van der Waals surface area contributed by atoms with Gasteiger partial charge in [-0.1, -0.05) is 61.4 Å². The highest BCUT2D eigenvalue weighted by Gasteiger charge is 2.10. The third-order valence-corrected chi connectivity index (χ3v) is 7.24. The molecular weight excluding hydrogens is 632 g/mol. The molecule has 200 valence electrons. The number of thiazole rings is 1. The summed E-state index contributed by atoms with van der Waals surface area (Å²) in [6, 6.07) is 22.9. The van der Waals surface area contributed by atoms with Gasteiger partial charge in [0.25, 0.3) is 5.69 Å². The van der Waals surface area contributed by atoms with Gasteiger partial charge >= 0.3 is 0 Å². The predicted octanol–water partition coefficient (Wildman–Crippen LogP) is 8.75. The molecule has 1 heterocycles. The van der Waals surface area contributed by atoms with E-state index in [9.17, 15) is 10.1 Å². The van der Waals surface area contributed by atoms with E-state index in [1.54, 1.807) is 6.07 Å². The maximum absolute atomic E-state index is 10.8. The van der Waals surface area contributed by atoms with Gasteiger partial charge in [-0.3, -0.25) is 10.1 Å². The van der Waals surface area contributed by atoms with Crippen molar-refractivity contribution >= 4 is 81.3 Å². The number of para-hydroxylation sites is 1. The maximum Gasteiger partial charge on any atom is 0.270 e. The molecule has 4 aromatic rings. The fourth-order valence-electron chi connectivity index (χ4n) is 3.67. The second-order valence-electron chi connectivity index (χ2n) is 7.99. The molecule has 0 fully saturated rings. The number of non-ortho nitro benzene ring substituents is 1. The van der Waals surface area contributed by atoms with Gasteiger partial charge in [0.2, 0.25) is 5.13 Å². The Morgan fingerprint density at radius 1 is 0.868 bits per heavy atom. The van der Waals surface area contributed by atoms with Gasteiger partial charge in [-0.25, -0.2) is 4.98 Å². The number of fused-ring (bicyclic) bond motifs is 1. The van der Waals surface area contributed by atoms with Crippen molar-refractivity contribution in [2.24, 2.45) is 10.2 Å². The predicted molar refractivity (Wildman–Crippen MR) is 167 cm³/mol. The normalized spacial score (nSPS) is 10.8. The Bertz CT molecular complexity index is 1320. The van der Waals surface area contributed by atoms with Crippen LogP contribution in [-0.2, 0) is 0 Å². The van der Waals surface area contributed by atoms with Gasteiger partial charge in [0, 0.05) is 60.3 Å². The molecule has 8 nitrogen and oxygen atoms in total. The first kappa shape index (κ1) is 29.7. The zero-order valence-corrected chi connectivity index (χ0v) is 25.3. The lowest BCUT2D eigenvalue weighted by Gasteiger charge is -2.21. The zero-order valence-electron chi connectivity index (χ0n) is 21.3. The number of aromatic nitrogens is 1. The summed E-state index contributed by atoms with van der Waals surface area (Å²) in [5, 5.41) is 21.6. The minimum absolute atomic E-state index is 0.0455. The molecule has 0 atom stereocenters. The van der Waals surface area contributed by atoms with Gasteiger partial charge in [-0.2, -0.15) is 0 Å². The van der Waals surface area contributed by atoms with Gasteiger partial charge < -0.3 is 9.80 Å². The Hall–Kier alpha value is -2.89. The van der Waals surface area contributed by atoms with Crippen LogP contribution in [0.25, 0.3) is 10.2 Å². The Labute approximate surface area is 243 Å². The quantitative estimate of drug-likeness (QED) is 0.0694. The lowest BCUT2D eigenvalue weighted by atomic mass is 10.2. The molecule has 0 aliphatic rings. The molecule has 4 rings (SSSR count). The standard InChI is InChI=1S/C17H16BrN5O2S.C10H14BrN/c1-2-22(10-9-18)13-5-3-12(4-6-13)20-21-17-19-15-8-7-14(23(24)25)11-16(15)26-17;1-2-12(9-8-11)10-6-4-3-5-7-10/h3-8,11H,2,9-10H2,1H3;3-7H,2,8-9H2,1H3. The number of halogens is 2. The first-order valence-electron chi connectivity index (χ1n) is 12.2. The molecule has 0 radical (unpaired) electrons. The third-order valence-electron chi connectivity index (χ3n) is 5.63. The Morgan fingerprint density at radius 3 is 2.03 bits per heavy atom. The summed E-state index contributed by atoms with van der Waals surface area (Å²) in [5.74, 6) is 0. The molecule has 0 bridgehead atoms. The summed E-state index contributed by atoms with van der Waals surface area (Å²) in [6.07, 6.45) is 0. The second-order valence-corrected chi connectivity index (χ2v) is 10.6. The Balaban J connectivity index is 0.000000279. The van der Waals surface area contributed by atoms with E-state index in [1.807, 2.05) is 30.3 Å². The Kier molecular flexibility index (Phi) is 12.1. The van der Waals surface area contributed by atoms with Crippen LogP contribution >= 0.6 is 43.2 Å². The molecule has 0 saturated carbocycles. The second kappa shape index (κ2) is 15.5. The van der Waals surface area contributed by atoms with Crippen LogP contribution in [0.1, 0.15) is 13.8 Å². The van der Waals surface area contributed by atoms with E-state index in [1.165, 1.54) is 29.2 Å². The summed E-state index contributed by atoms with van der Waals surface area (Å²) < 4.78 is 0.719. The van der Waals surface area contributed by atoms with Crippen LogP contribution in [0.15, 0.2) is 83.0 Å². The number of hydrogen-bond acceptors (Lipinski definition) is 8. The van der Waals surface area contributed by atoms with Crippen LogP contribution in [0.2, 0.25) is 0 Å². The number of alkyl halides is 2. The van der Waals surface area contributed by atoms with E-state index >= 15 is 0 Å². The maximum atomic E-state index is 10.8. The number of rotatable bonds is 11. The number of nitro groups is 1. The number of benzene rings is 3. The van der Waals surface area contributed by atoms with Crippen LogP contribution in [0.5, 0.6) is 0 Å². The minimum Gasteiger partial charge on any atom is -0.371 e. The van der Waals surface area contributed by atoms with E-state index in [0.717, 1.165) is 52.9 Å². The monoisotopic (exact) mass is 660 g/mol. The van der Waals surface area contributed by atoms with Gasteiger partial charge in [0.15, 0.2) is 0 Å². The van der Waals surface area contributed by atoms with Crippen LogP contribution in [0, 0.1) is 10.1 Å². The molecule has 38 heavy (non-hydrogen) atoms. The van der Waals surface area contributed by atoms with Crippen molar-refractivity contribution in [3.8, 4) is 0 Å². The topological polar surface area (TPSA) is 87.2 Å².